The number of hydrogen-bond acceptors (Lipinski definition) is 6. The van der Waals surface area contributed by atoms with Crippen molar-refractivity contribution in [2.75, 3.05) is 11.5 Å². The molecule has 0 atom stereocenters. The van der Waals surface area contributed by atoms with Gasteiger partial charge >= 0.3 is 0 Å². The molecule has 6 nitrogen and oxygen atoms in total. The first-order chi connectivity index (χ1) is 10.6. The molecule has 1 aromatic carbocycles. The van der Waals surface area contributed by atoms with Crippen molar-refractivity contribution in [3.8, 4) is 5.69 Å². The fourth-order valence-corrected chi connectivity index (χ4v) is 2.64. The Balaban J connectivity index is 1.72. The van der Waals surface area contributed by atoms with Crippen molar-refractivity contribution in [2.24, 2.45) is 0 Å². The van der Waals surface area contributed by atoms with Crippen LogP contribution >= 0.6 is 11.8 Å². The van der Waals surface area contributed by atoms with Gasteiger partial charge in [-0.2, -0.15) is 5.10 Å². The van der Waals surface area contributed by atoms with Gasteiger partial charge in [-0.25, -0.2) is 19.0 Å². The Hall–Kier alpha value is -2.61. The summed E-state index contributed by atoms with van der Waals surface area (Å²) in [4.78, 5) is 8.18. The van der Waals surface area contributed by atoms with Crippen molar-refractivity contribution in [2.45, 2.75) is 10.9 Å². The quantitative estimate of drug-likeness (QED) is 0.566. The normalized spacial score (nSPS) is 10.8. The third-order valence-corrected chi connectivity index (χ3v) is 3.69. The highest BCUT2D eigenvalue weighted by Gasteiger charge is 2.06. The summed E-state index contributed by atoms with van der Waals surface area (Å²) in [6, 6.07) is 9.60. The van der Waals surface area contributed by atoms with Crippen LogP contribution in [0.25, 0.3) is 5.69 Å². The number of nitrogens with two attached hydrogens (primary N) is 2. The van der Waals surface area contributed by atoms with Crippen LogP contribution in [0, 0.1) is 5.82 Å². The van der Waals surface area contributed by atoms with Crippen molar-refractivity contribution >= 4 is 23.4 Å². The van der Waals surface area contributed by atoms with Gasteiger partial charge in [0.05, 0.1) is 11.4 Å². The third kappa shape index (κ3) is 3.34. The Morgan fingerprint density at radius 3 is 2.59 bits per heavy atom. The summed E-state index contributed by atoms with van der Waals surface area (Å²) in [6.45, 7) is 0. The van der Waals surface area contributed by atoms with Crippen LogP contribution in [0.15, 0.2) is 47.8 Å². The summed E-state index contributed by atoms with van der Waals surface area (Å²) < 4.78 is 14.8. The van der Waals surface area contributed by atoms with E-state index in [0.717, 1.165) is 5.69 Å². The molecule has 0 fully saturated rings. The monoisotopic (exact) mass is 316 g/mol. The number of anilines is 2. The number of halogens is 1. The molecule has 22 heavy (non-hydrogen) atoms. The Kier molecular flexibility index (Phi) is 3.92. The van der Waals surface area contributed by atoms with Crippen molar-refractivity contribution in [1.82, 2.24) is 19.7 Å². The summed E-state index contributed by atoms with van der Waals surface area (Å²) >= 11 is 1.38. The van der Waals surface area contributed by atoms with Crippen LogP contribution in [-0.2, 0) is 5.75 Å². The Bertz CT molecular complexity index is 783. The van der Waals surface area contributed by atoms with E-state index in [4.69, 9.17) is 11.5 Å². The average molecular weight is 316 g/mol. The fourth-order valence-electron chi connectivity index (χ4n) is 1.87. The lowest BCUT2D eigenvalue weighted by atomic mass is 10.3. The van der Waals surface area contributed by atoms with Gasteiger partial charge < -0.3 is 11.5 Å². The van der Waals surface area contributed by atoms with E-state index in [1.807, 2.05) is 6.07 Å². The maximum Gasteiger partial charge on any atom is 0.191 e. The lowest BCUT2D eigenvalue weighted by Gasteiger charge is -2.02. The zero-order chi connectivity index (χ0) is 15.5. The predicted octanol–water partition coefficient (Wildman–Crippen LogP) is 2.26. The molecule has 0 aliphatic heterocycles. The Morgan fingerprint density at radius 1 is 1.09 bits per heavy atom. The highest BCUT2D eigenvalue weighted by molar-refractivity contribution is 7.98. The number of nitrogen functional groups attached to an aromatic ring is 2. The Labute approximate surface area is 130 Å². The lowest BCUT2D eigenvalue weighted by Crippen LogP contribution is -1.99. The van der Waals surface area contributed by atoms with Crippen LogP contribution in [0.5, 0.6) is 0 Å². The lowest BCUT2D eigenvalue weighted by molar-refractivity contribution is 0.625. The smallest absolute Gasteiger partial charge is 0.191 e. The summed E-state index contributed by atoms with van der Waals surface area (Å²) in [6.07, 6.45) is 1.78. The van der Waals surface area contributed by atoms with Crippen LogP contribution in [-0.4, -0.2) is 19.7 Å². The molecule has 0 amide bonds. The van der Waals surface area contributed by atoms with E-state index in [1.54, 1.807) is 23.0 Å². The molecule has 0 unspecified atom stereocenters. The van der Waals surface area contributed by atoms with Crippen molar-refractivity contribution in [1.29, 1.82) is 0 Å². The molecule has 0 saturated heterocycles. The van der Waals surface area contributed by atoms with Crippen LogP contribution in [0.4, 0.5) is 16.0 Å². The minimum atomic E-state index is -0.299. The van der Waals surface area contributed by atoms with E-state index in [2.05, 4.69) is 15.1 Å². The van der Waals surface area contributed by atoms with Crippen LogP contribution in [0.2, 0.25) is 0 Å². The first-order valence-electron chi connectivity index (χ1n) is 6.43. The standard InChI is InChI=1S/C14H13FN6S/c15-9-2-1-3-11(6-9)21-5-4-10(20-21)8-22-14-18-12(16)7-13(17)19-14/h1-7H,8H2,(H4,16,17,18,19). The van der Waals surface area contributed by atoms with E-state index >= 15 is 0 Å². The fraction of sp³-hybridized carbons (Fsp3) is 0.0714. The minimum Gasteiger partial charge on any atom is -0.383 e. The van der Waals surface area contributed by atoms with Crippen LogP contribution in [0.3, 0.4) is 0 Å². The summed E-state index contributed by atoms with van der Waals surface area (Å²) in [5.74, 6) is 0.929. The first kappa shape index (κ1) is 14.3. The molecule has 112 valence electrons. The molecule has 0 spiro atoms. The van der Waals surface area contributed by atoms with Gasteiger partial charge in [0.15, 0.2) is 5.16 Å². The van der Waals surface area contributed by atoms with Crippen molar-refractivity contribution in [3.63, 3.8) is 0 Å². The molecule has 8 heteroatoms. The van der Waals surface area contributed by atoms with Gasteiger partial charge in [-0.3, -0.25) is 0 Å². The molecule has 0 radical (unpaired) electrons. The predicted molar refractivity (Wildman–Crippen MR) is 83.9 cm³/mol. The second-order valence-electron chi connectivity index (χ2n) is 4.52. The summed E-state index contributed by atoms with van der Waals surface area (Å²) in [5, 5.41) is 4.89. The molecule has 0 aliphatic carbocycles. The Morgan fingerprint density at radius 2 is 1.86 bits per heavy atom. The van der Waals surface area contributed by atoms with Gasteiger partial charge in [0, 0.05) is 18.0 Å². The SMILES string of the molecule is Nc1cc(N)nc(SCc2ccn(-c3cccc(F)c3)n2)n1. The highest BCUT2D eigenvalue weighted by atomic mass is 32.2. The second kappa shape index (κ2) is 6.02. The summed E-state index contributed by atoms with van der Waals surface area (Å²) in [5.41, 5.74) is 12.7. The molecular weight excluding hydrogens is 303 g/mol. The van der Waals surface area contributed by atoms with Crippen LogP contribution < -0.4 is 11.5 Å². The van der Waals surface area contributed by atoms with Gasteiger partial charge in [-0.15, -0.1) is 0 Å². The average Bonchev–Trinajstić information content (AvgIpc) is 2.93. The number of aromatic nitrogens is 4. The van der Waals surface area contributed by atoms with Gasteiger partial charge in [0.2, 0.25) is 0 Å². The number of rotatable bonds is 4. The third-order valence-electron chi connectivity index (χ3n) is 2.81. The van der Waals surface area contributed by atoms with Gasteiger partial charge in [0.25, 0.3) is 0 Å². The van der Waals surface area contributed by atoms with E-state index in [0.29, 0.717) is 28.2 Å². The topological polar surface area (TPSA) is 95.6 Å². The van der Waals surface area contributed by atoms with Crippen LogP contribution in [0.1, 0.15) is 5.69 Å². The number of benzene rings is 1. The number of hydrogen-bond donors (Lipinski definition) is 2. The zero-order valence-electron chi connectivity index (χ0n) is 11.5. The summed E-state index contributed by atoms with van der Waals surface area (Å²) in [7, 11) is 0. The van der Waals surface area contributed by atoms with Gasteiger partial charge in [-0.1, -0.05) is 17.8 Å². The number of nitrogens with zero attached hydrogens (tertiary/aromatic N) is 4. The molecule has 2 aromatic heterocycles. The second-order valence-corrected chi connectivity index (χ2v) is 5.46. The minimum absolute atomic E-state index is 0.299. The molecule has 3 aromatic rings. The zero-order valence-corrected chi connectivity index (χ0v) is 12.3. The highest BCUT2D eigenvalue weighted by Crippen LogP contribution is 2.21. The molecule has 0 saturated carbocycles. The van der Waals surface area contributed by atoms with Crippen molar-refractivity contribution < 1.29 is 4.39 Å². The number of thioether (sulfide) groups is 1. The molecule has 4 N–H and O–H groups in total. The first-order valence-corrected chi connectivity index (χ1v) is 7.42. The maximum atomic E-state index is 13.2. The molecular formula is C14H13FN6S. The molecule has 2 heterocycles. The van der Waals surface area contributed by atoms with E-state index in [-0.39, 0.29) is 5.82 Å². The largest absolute Gasteiger partial charge is 0.383 e. The maximum absolute atomic E-state index is 13.2. The molecule has 0 aliphatic rings. The van der Waals surface area contributed by atoms with E-state index < -0.39 is 0 Å². The van der Waals surface area contributed by atoms with Gasteiger partial charge in [0.1, 0.15) is 17.5 Å². The molecule has 3 rings (SSSR count). The van der Waals surface area contributed by atoms with E-state index in [1.165, 1.54) is 30.0 Å². The van der Waals surface area contributed by atoms with Gasteiger partial charge in [-0.05, 0) is 24.3 Å². The van der Waals surface area contributed by atoms with E-state index in [9.17, 15) is 4.39 Å². The molecule has 0 bridgehead atoms. The van der Waals surface area contributed by atoms with Crippen molar-refractivity contribution in [3.05, 3.63) is 54.1 Å².